The van der Waals surface area contributed by atoms with Gasteiger partial charge in [0.25, 0.3) is 5.91 Å². The standard InChI is InChI=1S/C43H46BrN5O5Si/c1-28-41(55(3,4)35-17-15-34(53-2)16-18-35)39(21-23-47-27-32(22-24-50)45-46-47)54-43(28)36-25-31(44)12-19-38(36)48(42(43)52)26-29-9-13-33(14-10-29)49-37-8-6-5-7-30(37)11-20-40(49)51/h5-10,12-19,25,27-28,39,41,50H,11,20-24,26H2,1-4H3/t28-,39+,41-,43+/m0/s1. The minimum Gasteiger partial charge on any atom is -0.497 e. The molecular formula is C43H46BrN5O5Si. The van der Waals surface area contributed by atoms with E-state index in [0.29, 0.717) is 32.4 Å². The third-order valence-corrected chi connectivity index (χ3v) is 16.9. The molecule has 10 nitrogen and oxygen atoms in total. The summed E-state index contributed by atoms with van der Waals surface area (Å²) < 4.78 is 15.5. The van der Waals surface area contributed by atoms with Crippen molar-refractivity contribution < 1.29 is 24.2 Å². The molecule has 3 aliphatic heterocycles. The fraction of sp³-hybridized carbons (Fsp3) is 0.349. The van der Waals surface area contributed by atoms with Crippen LogP contribution in [0.2, 0.25) is 18.6 Å². The summed E-state index contributed by atoms with van der Waals surface area (Å²) >= 11 is 3.72. The van der Waals surface area contributed by atoms with Crippen LogP contribution in [-0.4, -0.2) is 59.8 Å². The van der Waals surface area contributed by atoms with E-state index < -0.39 is 13.7 Å². The summed E-state index contributed by atoms with van der Waals surface area (Å²) in [4.78, 5) is 32.1. The number of fused-ring (bicyclic) bond motifs is 3. The van der Waals surface area contributed by atoms with Crippen molar-refractivity contribution in [2.24, 2.45) is 5.92 Å². The lowest BCUT2D eigenvalue weighted by atomic mass is 9.82. The minimum absolute atomic E-state index is 0.0125. The molecule has 5 aromatic rings. The number of benzene rings is 4. The molecule has 55 heavy (non-hydrogen) atoms. The highest BCUT2D eigenvalue weighted by Crippen LogP contribution is 2.60. The molecular weight excluding hydrogens is 774 g/mol. The molecule has 284 valence electrons. The summed E-state index contributed by atoms with van der Waals surface area (Å²) in [7, 11) is -0.658. The lowest BCUT2D eigenvalue weighted by Gasteiger charge is -2.37. The second kappa shape index (κ2) is 14.8. The van der Waals surface area contributed by atoms with Crippen LogP contribution in [-0.2, 0) is 45.9 Å². The summed E-state index contributed by atoms with van der Waals surface area (Å²) in [5.74, 6) is 0.674. The number of halogens is 1. The molecule has 0 aliphatic carbocycles. The number of aromatic nitrogens is 3. The number of nitrogens with zero attached hydrogens (tertiary/aromatic N) is 5. The summed E-state index contributed by atoms with van der Waals surface area (Å²) in [6.07, 6.45) is 3.93. The molecule has 1 N–H and O–H groups in total. The zero-order valence-corrected chi connectivity index (χ0v) is 34.2. The number of ether oxygens (including phenoxy) is 2. The number of carbonyl (C=O) groups excluding carboxylic acids is 2. The molecule has 1 fully saturated rings. The van der Waals surface area contributed by atoms with Crippen molar-refractivity contribution in [3.05, 3.63) is 124 Å². The molecule has 12 heteroatoms. The Balaban J connectivity index is 1.13. The summed E-state index contributed by atoms with van der Waals surface area (Å²) in [5, 5.41) is 19.3. The number of anilines is 3. The van der Waals surface area contributed by atoms with Crippen LogP contribution in [0.5, 0.6) is 5.75 Å². The van der Waals surface area contributed by atoms with Crippen LogP contribution < -0.4 is 19.7 Å². The Bertz CT molecular complexity index is 2230. The number of methoxy groups -OCH3 is 1. The van der Waals surface area contributed by atoms with E-state index in [1.54, 1.807) is 12.0 Å². The monoisotopic (exact) mass is 819 g/mol. The Hall–Kier alpha value is -4.62. The summed E-state index contributed by atoms with van der Waals surface area (Å²) in [6.45, 7) is 7.90. The normalized spacial score (nSPS) is 22.0. The SMILES string of the molecule is COc1ccc([Si](C)(C)[C@@H]2[C@@H](CCn3cc(CCO)nn3)O[C@]3(C(=O)N(Cc4ccc(N5C(=O)CCc6ccccc65)cc4)c4ccc(Br)cc43)[C@H]2C)cc1. The Labute approximate surface area is 331 Å². The minimum atomic E-state index is -2.34. The van der Waals surface area contributed by atoms with Crippen molar-refractivity contribution >= 4 is 58.1 Å². The van der Waals surface area contributed by atoms with Gasteiger partial charge in [-0.25, -0.2) is 0 Å². The number of rotatable bonds is 11. The first-order valence-electron chi connectivity index (χ1n) is 19.0. The lowest BCUT2D eigenvalue weighted by Crippen LogP contribution is -2.51. The van der Waals surface area contributed by atoms with Gasteiger partial charge in [0.05, 0.1) is 44.9 Å². The van der Waals surface area contributed by atoms with Gasteiger partial charge < -0.3 is 19.5 Å². The maximum atomic E-state index is 15.3. The van der Waals surface area contributed by atoms with Crippen molar-refractivity contribution in [3.8, 4) is 5.75 Å². The van der Waals surface area contributed by atoms with E-state index in [1.807, 2.05) is 82.5 Å². The highest BCUT2D eigenvalue weighted by molar-refractivity contribution is 9.10. The average Bonchev–Trinajstić information content (AvgIpc) is 3.84. The van der Waals surface area contributed by atoms with Crippen molar-refractivity contribution in [3.63, 3.8) is 0 Å². The van der Waals surface area contributed by atoms with Gasteiger partial charge in [-0.2, -0.15) is 0 Å². The second-order valence-corrected chi connectivity index (χ2v) is 21.1. The molecule has 1 aromatic heterocycles. The van der Waals surface area contributed by atoms with Gasteiger partial charge in [0.15, 0.2) is 5.60 Å². The summed E-state index contributed by atoms with van der Waals surface area (Å²) in [6, 6.07) is 30.5. The largest absolute Gasteiger partial charge is 0.497 e. The summed E-state index contributed by atoms with van der Waals surface area (Å²) in [5.41, 5.74) is 5.20. The highest BCUT2D eigenvalue weighted by Gasteiger charge is 2.66. The number of para-hydroxylation sites is 1. The van der Waals surface area contributed by atoms with E-state index in [4.69, 9.17) is 9.47 Å². The number of hydrogen-bond donors (Lipinski definition) is 1. The molecule has 1 spiro atoms. The maximum absolute atomic E-state index is 15.3. The van der Waals surface area contributed by atoms with Crippen molar-refractivity contribution in [2.45, 2.75) is 76.0 Å². The van der Waals surface area contributed by atoms with Crippen molar-refractivity contribution in [1.29, 1.82) is 0 Å². The Kier molecular flexibility index (Phi) is 10.0. The fourth-order valence-corrected chi connectivity index (χ4v) is 13.7. The van der Waals surface area contributed by atoms with Crippen LogP contribution in [0.1, 0.15) is 42.1 Å². The van der Waals surface area contributed by atoms with Gasteiger partial charge in [0.1, 0.15) is 5.75 Å². The van der Waals surface area contributed by atoms with Gasteiger partial charge in [0, 0.05) is 53.8 Å². The number of aliphatic hydroxyl groups excluding tert-OH is 1. The maximum Gasteiger partial charge on any atom is 0.264 e. The third kappa shape index (κ3) is 6.52. The van der Waals surface area contributed by atoms with Crippen LogP contribution in [0.15, 0.2) is 102 Å². The predicted molar refractivity (Wildman–Crippen MR) is 219 cm³/mol. The number of hydrogen-bond acceptors (Lipinski definition) is 7. The Morgan fingerprint density at radius 1 is 0.982 bits per heavy atom. The van der Waals surface area contributed by atoms with Gasteiger partial charge in [-0.3, -0.25) is 19.2 Å². The smallest absolute Gasteiger partial charge is 0.264 e. The first-order chi connectivity index (χ1) is 26.5. The van der Waals surface area contributed by atoms with Crippen molar-refractivity contribution in [2.75, 3.05) is 23.5 Å². The first-order valence-corrected chi connectivity index (χ1v) is 22.9. The fourth-order valence-electron chi connectivity index (χ4n) is 9.29. The van der Waals surface area contributed by atoms with E-state index in [1.165, 1.54) is 5.19 Å². The molecule has 3 aliphatic rings. The van der Waals surface area contributed by atoms with Gasteiger partial charge in [-0.1, -0.05) is 88.8 Å². The number of amides is 2. The highest BCUT2D eigenvalue weighted by atomic mass is 79.9. The molecule has 8 rings (SSSR count). The second-order valence-electron chi connectivity index (χ2n) is 15.5. The lowest BCUT2D eigenvalue weighted by molar-refractivity contribution is -0.146. The van der Waals surface area contributed by atoms with Crippen LogP contribution in [0, 0.1) is 5.92 Å². The van der Waals surface area contributed by atoms with Gasteiger partial charge in [-0.15, -0.1) is 5.10 Å². The van der Waals surface area contributed by atoms with E-state index >= 15 is 4.79 Å². The average molecular weight is 821 g/mol. The van der Waals surface area contributed by atoms with Crippen LogP contribution in [0.3, 0.4) is 0 Å². The number of aliphatic hydroxyl groups is 1. The molecule has 0 saturated carbocycles. The zero-order chi connectivity index (χ0) is 38.5. The number of aryl methyl sites for hydroxylation is 2. The van der Waals surface area contributed by atoms with Gasteiger partial charge in [0.2, 0.25) is 5.91 Å². The Morgan fingerprint density at radius 2 is 1.75 bits per heavy atom. The predicted octanol–water partition coefficient (Wildman–Crippen LogP) is 7.05. The van der Waals surface area contributed by atoms with E-state index in [9.17, 15) is 9.90 Å². The molecule has 4 heterocycles. The topological polar surface area (TPSA) is 110 Å². The molecule has 4 aromatic carbocycles. The van der Waals surface area contributed by atoms with E-state index in [2.05, 4.69) is 70.5 Å². The van der Waals surface area contributed by atoms with Crippen molar-refractivity contribution in [1.82, 2.24) is 15.0 Å². The van der Waals surface area contributed by atoms with Crippen LogP contribution in [0.25, 0.3) is 0 Å². The first kappa shape index (κ1) is 37.3. The van der Waals surface area contributed by atoms with Crippen LogP contribution in [0.4, 0.5) is 17.1 Å². The molecule has 2 amide bonds. The van der Waals surface area contributed by atoms with Crippen LogP contribution >= 0.6 is 15.9 Å². The zero-order valence-electron chi connectivity index (χ0n) is 31.6. The molecule has 0 unspecified atom stereocenters. The molecule has 4 atom stereocenters. The molecule has 0 radical (unpaired) electrons. The van der Waals surface area contributed by atoms with Gasteiger partial charge >= 0.3 is 0 Å². The molecule has 1 saturated heterocycles. The third-order valence-electron chi connectivity index (χ3n) is 12.0. The number of carbonyl (C=O) groups is 2. The Morgan fingerprint density at radius 3 is 2.49 bits per heavy atom. The van der Waals surface area contributed by atoms with Gasteiger partial charge in [-0.05, 0) is 78.0 Å². The van der Waals surface area contributed by atoms with E-state index in [0.717, 1.165) is 56.1 Å². The quantitative estimate of drug-likeness (QED) is 0.142. The molecule has 0 bridgehead atoms. The van der Waals surface area contributed by atoms with E-state index in [-0.39, 0.29) is 36.0 Å².